The first kappa shape index (κ1) is 12.8. The Morgan fingerprint density at radius 1 is 1.50 bits per heavy atom. The lowest BCUT2D eigenvalue weighted by atomic mass is 10.1. The molecule has 4 N–H and O–H groups in total. The monoisotopic (exact) mass is 228 g/mol. The molecule has 1 aliphatic rings. The molecule has 6 nitrogen and oxygen atoms in total. The van der Waals surface area contributed by atoms with Crippen LogP contribution in [0.1, 0.15) is 32.6 Å². The molecular formula is C10H20N4O2. The number of nitrogens with zero attached hydrogens (tertiary/aromatic N) is 2. The number of carboxylic acid groups (broad SMARTS) is 1. The van der Waals surface area contributed by atoms with Crippen molar-refractivity contribution in [3.8, 4) is 0 Å². The Labute approximate surface area is 95.5 Å². The summed E-state index contributed by atoms with van der Waals surface area (Å²) in [5.74, 6) is -1.11. The van der Waals surface area contributed by atoms with E-state index in [1.165, 1.54) is 5.01 Å². The van der Waals surface area contributed by atoms with Gasteiger partial charge in [0, 0.05) is 13.1 Å². The van der Waals surface area contributed by atoms with Crippen molar-refractivity contribution < 1.29 is 9.90 Å². The smallest absolute Gasteiger partial charge is 0.328 e. The van der Waals surface area contributed by atoms with E-state index in [-0.39, 0.29) is 5.96 Å². The SMILES string of the molecule is CC[C@@H](C(=O)O)N(C(=N)N)N1CCCCC1. The van der Waals surface area contributed by atoms with Gasteiger partial charge >= 0.3 is 5.97 Å². The van der Waals surface area contributed by atoms with Crippen molar-refractivity contribution in [3.63, 3.8) is 0 Å². The number of hydrogen-bond donors (Lipinski definition) is 3. The molecule has 1 heterocycles. The molecular weight excluding hydrogens is 208 g/mol. The number of aliphatic carboxylic acids is 1. The quantitative estimate of drug-likeness (QED) is 0.479. The number of hydrogen-bond acceptors (Lipinski definition) is 3. The summed E-state index contributed by atoms with van der Waals surface area (Å²) >= 11 is 0. The molecule has 1 saturated heterocycles. The third-order valence-corrected chi connectivity index (χ3v) is 2.85. The molecule has 6 heteroatoms. The van der Waals surface area contributed by atoms with Crippen molar-refractivity contribution in [1.82, 2.24) is 10.0 Å². The van der Waals surface area contributed by atoms with Crippen LogP contribution in [0.15, 0.2) is 0 Å². The van der Waals surface area contributed by atoms with Crippen molar-refractivity contribution in [2.45, 2.75) is 38.6 Å². The van der Waals surface area contributed by atoms with Crippen LogP contribution in [0.2, 0.25) is 0 Å². The first-order valence-electron chi connectivity index (χ1n) is 5.68. The van der Waals surface area contributed by atoms with Gasteiger partial charge in [-0.05, 0) is 19.3 Å². The van der Waals surface area contributed by atoms with Gasteiger partial charge in [-0.3, -0.25) is 10.4 Å². The number of carboxylic acids is 1. The highest BCUT2D eigenvalue weighted by Gasteiger charge is 2.30. The van der Waals surface area contributed by atoms with Gasteiger partial charge in [-0.25, -0.2) is 9.80 Å². The van der Waals surface area contributed by atoms with Crippen LogP contribution >= 0.6 is 0 Å². The lowest BCUT2D eigenvalue weighted by Gasteiger charge is -2.40. The molecule has 0 bridgehead atoms. The maximum absolute atomic E-state index is 11.1. The fourth-order valence-corrected chi connectivity index (χ4v) is 2.06. The average molecular weight is 228 g/mol. The van der Waals surface area contributed by atoms with Crippen LogP contribution in [0.25, 0.3) is 0 Å². The summed E-state index contributed by atoms with van der Waals surface area (Å²) in [4.78, 5) is 11.1. The highest BCUT2D eigenvalue weighted by molar-refractivity contribution is 5.82. The molecule has 0 saturated carbocycles. The normalized spacial score (nSPS) is 19.1. The van der Waals surface area contributed by atoms with E-state index in [2.05, 4.69) is 0 Å². The lowest BCUT2D eigenvalue weighted by Crippen LogP contribution is -2.58. The van der Waals surface area contributed by atoms with Gasteiger partial charge in [0.2, 0.25) is 5.96 Å². The van der Waals surface area contributed by atoms with Gasteiger partial charge in [-0.2, -0.15) is 0 Å². The van der Waals surface area contributed by atoms with Crippen molar-refractivity contribution in [3.05, 3.63) is 0 Å². The summed E-state index contributed by atoms with van der Waals surface area (Å²) in [5, 5.41) is 19.9. The van der Waals surface area contributed by atoms with Gasteiger partial charge in [-0.1, -0.05) is 13.3 Å². The topological polar surface area (TPSA) is 93.6 Å². The first-order valence-corrected chi connectivity index (χ1v) is 5.68. The van der Waals surface area contributed by atoms with E-state index in [1.54, 1.807) is 6.92 Å². The Balaban J connectivity index is 2.79. The van der Waals surface area contributed by atoms with Crippen LogP contribution in [0, 0.1) is 5.41 Å². The van der Waals surface area contributed by atoms with E-state index < -0.39 is 12.0 Å². The summed E-state index contributed by atoms with van der Waals surface area (Å²) in [5.41, 5.74) is 5.49. The molecule has 0 unspecified atom stereocenters. The molecule has 0 aromatic carbocycles. The Kier molecular flexibility index (Phi) is 4.54. The Morgan fingerprint density at radius 2 is 2.06 bits per heavy atom. The number of nitrogens with two attached hydrogens (primary N) is 1. The minimum absolute atomic E-state index is 0.184. The molecule has 16 heavy (non-hydrogen) atoms. The molecule has 0 aromatic heterocycles. The van der Waals surface area contributed by atoms with Crippen LogP contribution in [-0.4, -0.2) is 46.2 Å². The van der Waals surface area contributed by atoms with Crippen molar-refractivity contribution >= 4 is 11.9 Å². The maximum Gasteiger partial charge on any atom is 0.328 e. The Hall–Kier alpha value is -1.30. The molecule has 0 aliphatic carbocycles. The van der Waals surface area contributed by atoms with Gasteiger partial charge in [0.1, 0.15) is 6.04 Å². The summed E-state index contributed by atoms with van der Waals surface area (Å²) in [7, 11) is 0. The Bertz CT molecular complexity index is 264. The molecule has 92 valence electrons. The standard InChI is InChI=1S/C10H20N4O2/c1-2-8(9(15)16)14(10(11)12)13-6-4-3-5-7-13/h8H,2-7H2,1H3,(H3,11,12)(H,15,16)/t8-/m0/s1. The number of rotatable bonds is 4. The van der Waals surface area contributed by atoms with E-state index in [4.69, 9.17) is 16.2 Å². The van der Waals surface area contributed by atoms with Gasteiger partial charge in [0.15, 0.2) is 0 Å². The van der Waals surface area contributed by atoms with E-state index in [9.17, 15) is 4.79 Å². The number of piperidine rings is 1. The highest BCUT2D eigenvalue weighted by atomic mass is 16.4. The van der Waals surface area contributed by atoms with Crippen LogP contribution < -0.4 is 5.73 Å². The second kappa shape index (κ2) is 5.69. The number of guanidine groups is 1. The molecule has 0 amide bonds. The van der Waals surface area contributed by atoms with E-state index in [0.717, 1.165) is 32.4 Å². The van der Waals surface area contributed by atoms with Crippen LogP contribution in [0.5, 0.6) is 0 Å². The highest BCUT2D eigenvalue weighted by Crippen LogP contribution is 2.15. The number of hydrazine groups is 1. The fourth-order valence-electron chi connectivity index (χ4n) is 2.06. The second-order valence-electron chi connectivity index (χ2n) is 4.01. The van der Waals surface area contributed by atoms with Crippen molar-refractivity contribution in [1.29, 1.82) is 5.41 Å². The van der Waals surface area contributed by atoms with E-state index >= 15 is 0 Å². The molecule has 1 rings (SSSR count). The predicted octanol–water partition coefficient (Wildman–Crippen LogP) is 0.446. The predicted molar refractivity (Wildman–Crippen MR) is 60.9 cm³/mol. The van der Waals surface area contributed by atoms with Crippen molar-refractivity contribution in [2.75, 3.05) is 13.1 Å². The van der Waals surface area contributed by atoms with Crippen LogP contribution in [-0.2, 0) is 4.79 Å². The maximum atomic E-state index is 11.1. The lowest BCUT2D eigenvalue weighted by molar-refractivity contribution is -0.148. The molecule has 1 fully saturated rings. The first-order chi connectivity index (χ1) is 7.57. The van der Waals surface area contributed by atoms with Gasteiger partial charge in [0.05, 0.1) is 0 Å². The summed E-state index contributed by atoms with van der Waals surface area (Å²) in [6.45, 7) is 3.35. The third-order valence-electron chi connectivity index (χ3n) is 2.85. The fraction of sp³-hybridized carbons (Fsp3) is 0.800. The zero-order valence-corrected chi connectivity index (χ0v) is 9.65. The summed E-state index contributed by atoms with van der Waals surface area (Å²) < 4.78 is 0. The van der Waals surface area contributed by atoms with Gasteiger partial charge in [0.25, 0.3) is 0 Å². The third kappa shape index (κ3) is 2.85. The molecule has 0 aromatic rings. The molecule has 1 aliphatic heterocycles. The van der Waals surface area contributed by atoms with Crippen LogP contribution in [0.3, 0.4) is 0 Å². The van der Waals surface area contributed by atoms with Crippen LogP contribution in [0.4, 0.5) is 0 Å². The molecule has 1 atom stereocenters. The zero-order valence-electron chi connectivity index (χ0n) is 9.65. The number of carbonyl (C=O) groups is 1. The largest absolute Gasteiger partial charge is 0.480 e. The van der Waals surface area contributed by atoms with Crippen molar-refractivity contribution in [2.24, 2.45) is 5.73 Å². The number of nitrogens with one attached hydrogen (secondary N) is 1. The van der Waals surface area contributed by atoms with Gasteiger partial charge in [-0.15, -0.1) is 0 Å². The van der Waals surface area contributed by atoms with E-state index in [0.29, 0.717) is 6.42 Å². The zero-order chi connectivity index (χ0) is 12.1. The molecule has 0 radical (unpaired) electrons. The Morgan fingerprint density at radius 3 is 2.44 bits per heavy atom. The second-order valence-corrected chi connectivity index (χ2v) is 4.01. The minimum atomic E-state index is -0.928. The average Bonchev–Trinajstić information content (AvgIpc) is 2.25. The summed E-state index contributed by atoms with van der Waals surface area (Å²) in [6.07, 6.45) is 3.65. The summed E-state index contributed by atoms with van der Waals surface area (Å²) in [6, 6.07) is -0.726. The minimum Gasteiger partial charge on any atom is -0.480 e. The van der Waals surface area contributed by atoms with Gasteiger partial charge < -0.3 is 10.8 Å². The van der Waals surface area contributed by atoms with E-state index in [1.807, 2.05) is 5.01 Å². The molecule has 0 spiro atoms.